The molecule has 0 radical (unpaired) electrons. The summed E-state index contributed by atoms with van der Waals surface area (Å²) in [5, 5.41) is 0.893. The topological polar surface area (TPSA) is 96.0 Å². The van der Waals surface area contributed by atoms with Gasteiger partial charge in [0.05, 0.1) is 17.2 Å². The van der Waals surface area contributed by atoms with Crippen LogP contribution in [-0.2, 0) is 16.6 Å². The van der Waals surface area contributed by atoms with Crippen molar-refractivity contribution in [1.82, 2.24) is 18.0 Å². The molecule has 1 aliphatic carbocycles. The van der Waals surface area contributed by atoms with Crippen molar-refractivity contribution in [2.45, 2.75) is 50.1 Å². The molecule has 160 valence electrons. The van der Waals surface area contributed by atoms with Gasteiger partial charge in [-0.25, -0.2) is 8.42 Å². The molecule has 31 heavy (non-hydrogen) atoms. The maximum Gasteiger partial charge on any atom is 0.252 e. The normalized spacial score (nSPS) is 15.4. The maximum absolute atomic E-state index is 13.8. The predicted molar refractivity (Wildman–Crippen MR) is 122 cm³/mol. The highest BCUT2D eigenvalue weighted by Crippen LogP contribution is 2.32. The summed E-state index contributed by atoms with van der Waals surface area (Å²) in [5.74, 6) is 0. The lowest BCUT2D eigenvalue weighted by Crippen LogP contribution is -2.39. The van der Waals surface area contributed by atoms with Crippen molar-refractivity contribution in [3.8, 4) is 0 Å². The van der Waals surface area contributed by atoms with Crippen LogP contribution in [0.3, 0.4) is 0 Å². The van der Waals surface area contributed by atoms with E-state index in [-0.39, 0.29) is 23.0 Å². The SMILES string of the molecule is Cc1cccc2cc(CN(C3CCCC3)S(=O)(=O)c3cccc4nsnc34)c(=O)[nH]c12. The molecule has 2 aromatic carbocycles. The number of aromatic amines is 1. The van der Waals surface area contributed by atoms with Gasteiger partial charge in [-0.2, -0.15) is 13.1 Å². The van der Waals surface area contributed by atoms with Crippen LogP contribution >= 0.6 is 11.7 Å². The molecule has 0 amide bonds. The fourth-order valence-corrected chi connectivity index (χ4v) is 6.85. The quantitative estimate of drug-likeness (QED) is 0.492. The van der Waals surface area contributed by atoms with E-state index in [4.69, 9.17) is 0 Å². The van der Waals surface area contributed by atoms with Gasteiger partial charge in [0.25, 0.3) is 5.56 Å². The fraction of sp³-hybridized carbons (Fsp3) is 0.318. The Labute approximate surface area is 184 Å². The highest BCUT2D eigenvalue weighted by molar-refractivity contribution is 7.89. The average molecular weight is 455 g/mol. The van der Waals surface area contributed by atoms with Crippen molar-refractivity contribution in [3.05, 3.63) is 63.9 Å². The number of H-pyrrole nitrogens is 1. The molecule has 2 heterocycles. The number of aromatic nitrogens is 3. The van der Waals surface area contributed by atoms with Crippen LogP contribution in [0.25, 0.3) is 21.9 Å². The van der Waals surface area contributed by atoms with Crippen LogP contribution in [0.4, 0.5) is 0 Å². The monoisotopic (exact) mass is 454 g/mol. The van der Waals surface area contributed by atoms with Crippen LogP contribution in [0.15, 0.2) is 52.2 Å². The molecule has 1 fully saturated rings. The average Bonchev–Trinajstić information content (AvgIpc) is 3.44. The number of para-hydroxylation sites is 1. The van der Waals surface area contributed by atoms with Gasteiger partial charge in [-0.05, 0) is 48.9 Å². The van der Waals surface area contributed by atoms with Gasteiger partial charge in [0.1, 0.15) is 15.9 Å². The van der Waals surface area contributed by atoms with Crippen LogP contribution in [0, 0.1) is 6.92 Å². The molecule has 0 bridgehead atoms. The third kappa shape index (κ3) is 3.56. The third-order valence-corrected chi connectivity index (χ3v) is 8.53. The van der Waals surface area contributed by atoms with Crippen LogP contribution in [-0.4, -0.2) is 32.5 Å². The van der Waals surface area contributed by atoms with Gasteiger partial charge in [0.2, 0.25) is 10.0 Å². The van der Waals surface area contributed by atoms with E-state index >= 15 is 0 Å². The van der Waals surface area contributed by atoms with Gasteiger partial charge < -0.3 is 4.98 Å². The van der Waals surface area contributed by atoms with E-state index in [2.05, 4.69) is 13.7 Å². The largest absolute Gasteiger partial charge is 0.321 e. The van der Waals surface area contributed by atoms with Crippen molar-refractivity contribution in [1.29, 1.82) is 0 Å². The van der Waals surface area contributed by atoms with Gasteiger partial charge in [0.15, 0.2) is 0 Å². The van der Waals surface area contributed by atoms with Crippen molar-refractivity contribution in [3.63, 3.8) is 0 Å². The molecule has 1 N–H and O–H groups in total. The smallest absolute Gasteiger partial charge is 0.252 e. The number of sulfonamides is 1. The van der Waals surface area contributed by atoms with E-state index in [1.165, 1.54) is 4.31 Å². The summed E-state index contributed by atoms with van der Waals surface area (Å²) in [7, 11) is -3.87. The number of nitrogens with one attached hydrogen (secondary N) is 1. The first-order valence-corrected chi connectivity index (χ1v) is 12.5. The molecule has 1 aliphatic rings. The molecular weight excluding hydrogens is 432 g/mol. The van der Waals surface area contributed by atoms with Crippen LogP contribution < -0.4 is 5.56 Å². The first-order valence-electron chi connectivity index (χ1n) is 10.3. The number of rotatable bonds is 5. The first-order chi connectivity index (χ1) is 14.9. The van der Waals surface area contributed by atoms with E-state index in [0.29, 0.717) is 16.6 Å². The molecular formula is C22H22N4O3S2. The Balaban J connectivity index is 1.62. The second-order valence-electron chi connectivity index (χ2n) is 8.04. The molecule has 7 nitrogen and oxygen atoms in total. The lowest BCUT2D eigenvalue weighted by Gasteiger charge is -2.28. The summed E-state index contributed by atoms with van der Waals surface area (Å²) in [6.07, 6.45) is 3.53. The van der Waals surface area contributed by atoms with Crippen molar-refractivity contribution >= 4 is 43.7 Å². The second kappa shape index (κ2) is 7.81. The Bertz CT molecular complexity index is 1440. The lowest BCUT2D eigenvalue weighted by molar-refractivity contribution is 0.315. The molecule has 4 aromatic rings. The molecule has 0 atom stereocenters. The van der Waals surface area contributed by atoms with Gasteiger partial charge in [-0.3, -0.25) is 4.79 Å². The van der Waals surface area contributed by atoms with E-state index in [1.54, 1.807) is 18.2 Å². The van der Waals surface area contributed by atoms with Crippen LogP contribution in [0.5, 0.6) is 0 Å². The van der Waals surface area contributed by atoms with Gasteiger partial charge in [-0.1, -0.05) is 37.1 Å². The molecule has 0 unspecified atom stereocenters. The highest BCUT2D eigenvalue weighted by Gasteiger charge is 2.35. The van der Waals surface area contributed by atoms with Gasteiger partial charge in [-0.15, -0.1) is 0 Å². The van der Waals surface area contributed by atoms with Crippen LogP contribution in [0.2, 0.25) is 0 Å². The van der Waals surface area contributed by atoms with E-state index in [1.807, 2.05) is 31.2 Å². The maximum atomic E-state index is 13.8. The van der Waals surface area contributed by atoms with Crippen molar-refractivity contribution < 1.29 is 8.42 Å². The van der Waals surface area contributed by atoms with E-state index < -0.39 is 10.0 Å². The second-order valence-corrected chi connectivity index (χ2v) is 10.4. The lowest BCUT2D eigenvalue weighted by atomic mass is 10.1. The number of nitrogens with zero attached hydrogens (tertiary/aromatic N) is 3. The number of aryl methyl sites for hydroxylation is 1. The Morgan fingerprint density at radius 2 is 1.90 bits per heavy atom. The molecule has 1 saturated carbocycles. The minimum Gasteiger partial charge on any atom is -0.321 e. The summed E-state index contributed by atoms with van der Waals surface area (Å²) in [4.78, 5) is 16.0. The molecule has 0 aliphatic heterocycles. The Kier molecular flexibility index (Phi) is 5.11. The fourth-order valence-electron chi connectivity index (χ4n) is 4.43. The summed E-state index contributed by atoms with van der Waals surface area (Å²) < 4.78 is 37.5. The van der Waals surface area contributed by atoms with E-state index in [9.17, 15) is 13.2 Å². The number of hydrogen-bond donors (Lipinski definition) is 1. The molecule has 0 saturated heterocycles. The highest BCUT2D eigenvalue weighted by atomic mass is 32.2. The number of pyridine rings is 1. The first kappa shape index (κ1) is 20.3. The molecule has 0 spiro atoms. The summed E-state index contributed by atoms with van der Waals surface area (Å²) in [5.41, 5.74) is 2.90. The molecule has 2 aromatic heterocycles. The standard InChI is InChI=1S/C22H22N4O3S2/c1-14-6-4-7-15-12-16(22(27)23-20(14)15)13-26(17-8-2-3-9-17)31(28,29)19-11-5-10-18-21(19)25-30-24-18/h4-7,10-12,17H,2-3,8-9,13H2,1H3,(H,23,27). The van der Waals surface area contributed by atoms with E-state index in [0.717, 1.165) is 53.9 Å². The molecule has 9 heteroatoms. The van der Waals surface area contributed by atoms with Gasteiger partial charge >= 0.3 is 0 Å². The van der Waals surface area contributed by atoms with Crippen LogP contribution in [0.1, 0.15) is 36.8 Å². The zero-order valence-corrected chi connectivity index (χ0v) is 18.7. The summed E-state index contributed by atoms with van der Waals surface area (Å²) >= 11 is 0.998. The summed E-state index contributed by atoms with van der Waals surface area (Å²) in [6.45, 7) is 1.97. The van der Waals surface area contributed by atoms with Crippen molar-refractivity contribution in [2.24, 2.45) is 0 Å². The number of hydrogen-bond acceptors (Lipinski definition) is 6. The molecule has 5 rings (SSSR count). The number of fused-ring (bicyclic) bond motifs is 2. The zero-order chi connectivity index (χ0) is 21.6. The minimum atomic E-state index is -3.87. The van der Waals surface area contributed by atoms with Crippen molar-refractivity contribution in [2.75, 3.05) is 0 Å². The zero-order valence-electron chi connectivity index (χ0n) is 17.0. The summed E-state index contributed by atoms with van der Waals surface area (Å²) in [6, 6.07) is 12.5. The Morgan fingerprint density at radius 3 is 2.71 bits per heavy atom. The Morgan fingerprint density at radius 1 is 1.13 bits per heavy atom. The predicted octanol–water partition coefficient (Wildman–Crippen LogP) is 3.97. The number of benzene rings is 2. The minimum absolute atomic E-state index is 0.0279. The Hall–Kier alpha value is -2.62. The third-order valence-electron chi connectivity index (χ3n) is 6.06. The van der Waals surface area contributed by atoms with Gasteiger partial charge in [0, 0.05) is 18.2 Å².